The lowest BCUT2D eigenvalue weighted by atomic mass is 9.76. The van der Waals surface area contributed by atoms with Crippen molar-refractivity contribution >= 4 is 0 Å². The van der Waals surface area contributed by atoms with Crippen LogP contribution in [0.3, 0.4) is 0 Å². The van der Waals surface area contributed by atoms with E-state index in [1.54, 1.807) is 6.07 Å². The molecule has 1 aromatic carbocycles. The first-order chi connectivity index (χ1) is 9.79. The van der Waals surface area contributed by atoms with Gasteiger partial charge >= 0.3 is 0 Å². The molecule has 1 saturated carbocycles. The molecule has 1 atom stereocenters. The van der Waals surface area contributed by atoms with Crippen molar-refractivity contribution in [3.63, 3.8) is 0 Å². The Morgan fingerprint density at radius 3 is 2.65 bits per heavy atom. The highest BCUT2D eigenvalue weighted by Crippen LogP contribution is 2.41. The Kier molecular flexibility index (Phi) is 4.00. The van der Waals surface area contributed by atoms with E-state index in [1.165, 1.54) is 25.3 Å². The monoisotopic (exact) mass is 273 g/mol. The lowest BCUT2D eigenvalue weighted by Crippen LogP contribution is -2.47. The van der Waals surface area contributed by atoms with Crippen LogP contribution in [0.15, 0.2) is 18.2 Å². The van der Waals surface area contributed by atoms with Crippen molar-refractivity contribution in [2.45, 2.75) is 25.3 Å². The van der Waals surface area contributed by atoms with Crippen LogP contribution >= 0.6 is 0 Å². The third-order valence-electron chi connectivity index (χ3n) is 4.59. The highest BCUT2D eigenvalue weighted by Gasteiger charge is 2.33. The van der Waals surface area contributed by atoms with E-state index in [0.29, 0.717) is 12.0 Å². The van der Waals surface area contributed by atoms with E-state index in [-0.39, 0.29) is 5.56 Å². The SMILES string of the molecule is N#Cc1cc([C@H](C2CCC2)N2CCNCC2)ccc1F. The van der Waals surface area contributed by atoms with Crippen LogP contribution in [0.25, 0.3) is 0 Å². The molecule has 1 heterocycles. The van der Waals surface area contributed by atoms with Gasteiger partial charge in [-0.25, -0.2) is 4.39 Å². The maximum Gasteiger partial charge on any atom is 0.140 e. The molecule has 2 fully saturated rings. The van der Waals surface area contributed by atoms with Crippen molar-refractivity contribution < 1.29 is 4.39 Å². The second kappa shape index (κ2) is 5.90. The third-order valence-corrected chi connectivity index (χ3v) is 4.59. The molecular formula is C16H20FN3. The minimum atomic E-state index is -0.413. The topological polar surface area (TPSA) is 39.1 Å². The van der Waals surface area contributed by atoms with Crippen molar-refractivity contribution in [1.29, 1.82) is 5.26 Å². The van der Waals surface area contributed by atoms with Gasteiger partial charge in [-0.3, -0.25) is 4.90 Å². The molecule has 1 N–H and O–H groups in total. The maximum absolute atomic E-state index is 13.5. The molecule has 20 heavy (non-hydrogen) atoms. The smallest absolute Gasteiger partial charge is 0.140 e. The molecule has 1 aliphatic carbocycles. The number of hydrogen-bond acceptors (Lipinski definition) is 3. The first-order valence-corrected chi connectivity index (χ1v) is 7.44. The predicted octanol–water partition coefficient (Wildman–Crippen LogP) is 2.44. The van der Waals surface area contributed by atoms with Crippen LogP contribution in [0.2, 0.25) is 0 Å². The summed E-state index contributed by atoms with van der Waals surface area (Å²) in [6, 6.07) is 7.37. The average Bonchev–Trinajstić information content (AvgIpc) is 2.44. The first kappa shape index (κ1) is 13.5. The number of nitrogens with one attached hydrogen (secondary N) is 1. The Balaban J connectivity index is 1.90. The number of piperazine rings is 1. The summed E-state index contributed by atoms with van der Waals surface area (Å²) >= 11 is 0. The quantitative estimate of drug-likeness (QED) is 0.919. The summed E-state index contributed by atoms with van der Waals surface area (Å²) in [5.74, 6) is 0.244. The second-order valence-corrected chi connectivity index (χ2v) is 5.77. The van der Waals surface area contributed by atoms with Gasteiger partial charge in [-0.15, -0.1) is 0 Å². The van der Waals surface area contributed by atoms with Gasteiger partial charge in [-0.1, -0.05) is 12.5 Å². The Morgan fingerprint density at radius 1 is 1.30 bits per heavy atom. The van der Waals surface area contributed by atoms with Crippen molar-refractivity contribution in [3.05, 3.63) is 35.1 Å². The molecule has 1 aromatic rings. The van der Waals surface area contributed by atoms with Crippen LogP contribution in [0.4, 0.5) is 4.39 Å². The summed E-state index contributed by atoms with van der Waals surface area (Å²) in [5.41, 5.74) is 1.27. The summed E-state index contributed by atoms with van der Waals surface area (Å²) in [5, 5.41) is 12.4. The molecule has 1 aliphatic heterocycles. The molecule has 0 bridgehead atoms. The molecule has 0 aromatic heterocycles. The minimum absolute atomic E-state index is 0.168. The minimum Gasteiger partial charge on any atom is -0.314 e. The van der Waals surface area contributed by atoms with Crippen LogP contribution in [0.5, 0.6) is 0 Å². The predicted molar refractivity (Wildman–Crippen MR) is 75.6 cm³/mol. The summed E-state index contributed by atoms with van der Waals surface area (Å²) < 4.78 is 13.5. The van der Waals surface area contributed by atoms with Crippen LogP contribution in [-0.4, -0.2) is 31.1 Å². The number of nitrogens with zero attached hydrogens (tertiary/aromatic N) is 2. The molecule has 0 spiro atoms. The van der Waals surface area contributed by atoms with Gasteiger partial charge in [0.15, 0.2) is 0 Å². The molecule has 0 amide bonds. The lowest BCUT2D eigenvalue weighted by molar-refractivity contribution is 0.0836. The van der Waals surface area contributed by atoms with Crippen molar-refractivity contribution in [3.8, 4) is 6.07 Å². The molecule has 0 radical (unpaired) electrons. The largest absolute Gasteiger partial charge is 0.314 e. The molecule has 2 aliphatic rings. The highest BCUT2D eigenvalue weighted by atomic mass is 19.1. The number of hydrogen-bond donors (Lipinski definition) is 1. The second-order valence-electron chi connectivity index (χ2n) is 5.77. The summed E-state index contributed by atoms with van der Waals surface area (Å²) in [6.45, 7) is 4.08. The van der Waals surface area contributed by atoms with Crippen LogP contribution in [0, 0.1) is 23.1 Å². The fraction of sp³-hybridized carbons (Fsp3) is 0.562. The third kappa shape index (κ3) is 2.56. The van der Waals surface area contributed by atoms with E-state index < -0.39 is 5.82 Å². The molecule has 3 nitrogen and oxygen atoms in total. The van der Waals surface area contributed by atoms with Crippen LogP contribution in [-0.2, 0) is 0 Å². The first-order valence-electron chi connectivity index (χ1n) is 7.44. The molecule has 3 rings (SSSR count). The molecule has 106 valence electrons. The molecule has 4 heteroatoms. The van der Waals surface area contributed by atoms with Crippen LogP contribution < -0.4 is 5.32 Å². The number of nitriles is 1. The average molecular weight is 273 g/mol. The Labute approximate surface area is 119 Å². The molecular weight excluding hydrogens is 253 g/mol. The summed E-state index contributed by atoms with van der Waals surface area (Å²) in [4.78, 5) is 2.49. The van der Waals surface area contributed by atoms with Gasteiger partial charge in [0, 0.05) is 32.2 Å². The van der Waals surface area contributed by atoms with Gasteiger partial charge in [0.05, 0.1) is 5.56 Å². The van der Waals surface area contributed by atoms with E-state index in [2.05, 4.69) is 10.2 Å². The van der Waals surface area contributed by atoms with Crippen molar-refractivity contribution in [2.24, 2.45) is 5.92 Å². The number of rotatable bonds is 3. The van der Waals surface area contributed by atoms with Gasteiger partial charge in [0.2, 0.25) is 0 Å². The number of halogens is 1. The molecule has 1 saturated heterocycles. The van der Waals surface area contributed by atoms with E-state index in [9.17, 15) is 4.39 Å². The normalized spacial score (nSPS) is 22.0. The molecule has 0 unspecified atom stereocenters. The Bertz CT molecular complexity index is 513. The van der Waals surface area contributed by atoms with Gasteiger partial charge in [-0.2, -0.15) is 5.26 Å². The van der Waals surface area contributed by atoms with E-state index in [1.807, 2.05) is 12.1 Å². The maximum atomic E-state index is 13.5. The van der Waals surface area contributed by atoms with Crippen molar-refractivity contribution in [2.75, 3.05) is 26.2 Å². The number of benzene rings is 1. The zero-order chi connectivity index (χ0) is 13.9. The van der Waals surface area contributed by atoms with Gasteiger partial charge in [-0.05, 0) is 36.5 Å². The lowest BCUT2D eigenvalue weighted by Gasteiger charge is -2.43. The van der Waals surface area contributed by atoms with Gasteiger partial charge in [0.25, 0.3) is 0 Å². The van der Waals surface area contributed by atoms with Crippen molar-refractivity contribution in [1.82, 2.24) is 10.2 Å². The zero-order valence-corrected chi connectivity index (χ0v) is 11.6. The van der Waals surface area contributed by atoms with E-state index in [0.717, 1.165) is 31.7 Å². The Morgan fingerprint density at radius 2 is 2.05 bits per heavy atom. The van der Waals surface area contributed by atoms with E-state index in [4.69, 9.17) is 5.26 Å². The fourth-order valence-electron chi connectivity index (χ4n) is 3.31. The summed E-state index contributed by atoms with van der Waals surface area (Å²) in [6.07, 6.45) is 3.78. The Hall–Kier alpha value is -1.44. The van der Waals surface area contributed by atoms with E-state index >= 15 is 0 Å². The fourth-order valence-corrected chi connectivity index (χ4v) is 3.31. The zero-order valence-electron chi connectivity index (χ0n) is 11.6. The summed E-state index contributed by atoms with van der Waals surface area (Å²) in [7, 11) is 0. The standard InChI is InChI=1S/C16H20FN3/c17-15-5-4-13(10-14(15)11-18)16(12-2-1-3-12)20-8-6-19-7-9-20/h4-5,10,12,16,19H,1-3,6-9H2/t16-/m0/s1. The highest BCUT2D eigenvalue weighted by molar-refractivity contribution is 5.36. The van der Waals surface area contributed by atoms with Gasteiger partial charge in [0.1, 0.15) is 11.9 Å². The van der Waals surface area contributed by atoms with Gasteiger partial charge < -0.3 is 5.32 Å². The van der Waals surface area contributed by atoms with Crippen LogP contribution in [0.1, 0.15) is 36.4 Å².